The number of aromatic nitrogens is 2. The van der Waals surface area contributed by atoms with Gasteiger partial charge in [0.1, 0.15) is 11.9 Å². The molecule has 9 nitrogen and oxygen atoms in total. The molecule has 1 unspecified atom stereocenters. The van der Waals surface area contributed by atoms with Gasteiger partial charge in [0.2, 0.25) is 15.9 Å². The van der Waals surface area contributed by atoms with Gasteiger partial charge in [-0.25, -0.2) is 18.2 Å². The van der Waals surface area contributed by atoms with Crippen molar-refractivity contribution in [2.45, 2.75) is 38.1 Å². The maximum atomic E-state index is 12.9. The fourth-order valence-electron chi connectivity index (χ4n) is 3.04. The highest BCUT2D eigenvalue weighted by atomic mass is 32.2. The topological polar surface area (TPSA) is 123 Å². The van der Waals surface area contributed by atoms with Crippen LogP contribution in [0.1, 0.15) is 26.0 Å². The van der Waals surface area contributed by atoms with Crippen molar-refractivity contribution in [3.05, 3.63) is 52.6 Å². The largest absolute Gasteiger partial charge is 0.419 e. The number of benzene rings is 1. The van der Waals surface area contributed by atoms with E-state index < -0.39 is 27.7 Å². The van der Waals surface area contributed by atoms with E-state index in [2.05, 4.69) is 15.0 Å². The van der Waals surface area contributed by atoms with E-state index in [9.17, 15) is 18.0 Å². The van der Waals surface area contributed by atoms with Gasteiger partial charge in [0.05, 0.1) is 10.4 Å². The van der Waals surface area contributed by atoms with Crippen LogP contribution in [-0.2, 0) is 21.9 Å². The molecule has 2 aromatic heterocycles. The maximum Gasteiger partial charge on any atom is 0.419 e. The summed E-state index contributed by atoms with van der Waals surface area (Å²) in [6, 6.07) is 8.30. The van der Waals surface area contributed by atoms with Crippen molar-refractivity contribution in [3.8, 4) is 0 Å². The summed E-state index contributed by atoms with van der Waals surface area (Å²) in [7, 11) is -2.52. The molecule has 1 amide bonds. The Hall–Kier alpha value is -2.98. The van der Waals surface area contributed by atoms with Crippen LogP contribution in [0.5, 0.6) is 0 Å². The minimum absolute atomic E-state index is 0.0588. The van der Waals surface area contributed by atoms with E-state index in [4.69, 9.17) is 4.42 Å². The molecule has 3 aromatic rings. The Labute approximate surface area is 174 Å². The normalized spacial score (nSPS) is 13.0. The fourth-order valence-corrected chi connectivity index (χ4v) is 4.27. The average Bonchev–Trinajstić information content (AvgIpc) is 2.94. The summed E-state index contributed by atoms with van der Waals surface area (Å²) in [5.41, 5.74) is 1.35. The van der Waals surface area contributed by atoms with Gasteiger partial charge in [-0.2, -0.15) is 4.72 Å². The van der Waals surface area contributed by atoms with Crippen molar-refractivity contribution in [1.82, 2.24) is 14.3 Å². The number of fused-ring (bicyclic) bond motifs is 1. The van der Waals surface area contributed by atoms with Gasteiger partial charge in [-0.05, 0) is 43.5 Å². The van der Waals surface area contributed by atoms with E-state index in [1.807, 2.05) is 13.8 Å². The van der Waals surface area contributed by atoms with Crippen molar-refractivity contribution in [2.75, 3.05) is 5.32 Å². The molecule has 1 aromatic carbocycles. The van der Waals surface area contributed by atoms with E-state index in [-0.39, 0.29) is 16.4 Å². The summed E-state index contributed by atoms with van der Waals surface area (Å²) in [6.45, 7) is 5.58. The lowest BCUT2D eigenvalue weighted by Crippen LogP contribution is -2.44. The molecule has 0 radical (unpaired) electrons. The summed E-state index contributed by atoms with van der Waals surface area (Å²) in [4.78, 5) is 28.6. The highest BCUT2D eigenvalue weighted by molar-refractivity contribution is 7.89. The number of nitrogens with one attached hydrogen (secondary N) is 2. The zero-order chi connectivity index (χ0) is 22.1. The third-order valence-corrected chi connectivity index (χ3v) is 6.00. The van der Waals surface area contributed by atoms with E-state index in [1.165, 1.54) is 29.8 Å². The zero-order valence-electron chi connectivity index (χ0n) is 17.2. The van der Waals surface area contributed by atoms with Crippen LogP contribution in [0.3, 0.4) is 0 Å². The Morgan fingerprint density at radius 2 is 1.97 bits per heavy atom. The van der Waals surface area contributed by atoms with Gasteiger partial charge < -0.3 is 9.73 Å². The number of aryl methyl sites for hydroxylation is 2. The number of hydrogen-bond acceptors (Lipinski definition) is 6. The van der Waals surface area contributed by atoms with Gasteiger partial charge in [-0.3, -0.25) is 9.36 Å². The number of amides is 1. The first-order valence-corrected chi connectivity index (χ1v) is 10.9. The fraction of sp³-hybridized carbons (Fsp3) is 0.350. The molecule has 0 saturated heterocycles. The lowest BCUT2D eigenvalue weighted by atomic mass is 10.0. The Kier molecular flexibility index (Phi) is 6.09. The second kappa shape index (κ2) is 8.41. The minimum atomic E-state index is -4.05. The molecule has 0 aliphatic carbocycles. The highest BCUT2D eigenvalue weighted by Crippen LogP contribution is 2.19. The van der Waals surface area contributed by atoms with E-state index in [1.54, 1.807) is 25.1 Å². The molecule has 160 valence electrons. The predicted molar refractivity (Wildman–Crippen MR) is 113 cm³/mol. The first-order chi connectivity index (χ1) is 14.1. The monoisotopic (exact) mass is 432 g/mol. The average molecular weight is 433 g/mol. The summed E-state index contributed by atoms with van der Waals surface area (Å²) in [6.07, 6.45) is 0.291. The molecule has 0 fully saturated rings. The number of sulfonamides is 1. The summed E-state index contributed by atoms with van der Waals surface area (Å²) < 4.78 is 34.7. The second-order valence-electron chi connectivity index (χ2n) is 7.51. The third kappa shape index (κ3) is 4.77. The van der Waals surface area contributed by atoms with Crippen molar-refractivity contribution in [1.29, 1.82) is 0 Å². The van der Waals surface area contributed by atoms with Gasteiger partial charge >= 0.3 is 5.76 Å². The molecule has 0 spiro atoms. The van der Waals surface area contributed by atoms with Crippen LogP contribution >= 0.6 is 0 Å². The Morgan fingerprint density at radius 1 is 1.23 bits per heavy atom. The molecule has 0 saturated carbocycles. The maximum absolute atomic E-state index is 12.9. The Morgan fingerprint density at radius 3 is 2.63 bits per heavy atom. The van der Waals surface area contributed by atoms with E-state index in [0.29, 0.717) is 17.8 Å². The molecule has 2 heterocycles. The molecule has 1 atom stereocenters. The highest BCUT2D eigenvalue weighted by Gasteiger charge is 2.27. The summed E-state index contributed by atoms with van der Waals surface area (Å²) >= 11 is 0. The first-order valence-electron chi connectivity index (χ1n) is 9.43. The van der Waals surface area contributed by atoms with Crippen LogP contribution in [0, 0.1) is 12.8 Å². The molecule has 2 N–H and O–H groups in total. The molecule has 10 heteroatoms. The van der Waals surface area contributed by atoms with Crippen LogP contribution < -0.4 is 15.8 Å². The number of carbonyl (C=O) groups excluding carboxylic acids is 1. The first kappa shape index (κ1) is 21.7. The number of rotatable bonds is 7. The van der Waals surface area contributed by atoms with Gasteiger partial charge in [-0.15, -0.1) is 0 Å². The number of oxazole rings is 1. The molecule has 0 aliphatic rings. The van der Waals surface area contributed by atoms with Crippen LogP contribution in [-0.4, -0.2) is 29.9 Å². The predicted octanol–water partition coefficient (Wildman–Crippen LogP) is 2.17. The standard InChI is InChI=1S/C20H24N4O5S/c1-12(2)10-15(19(25)22-18-7-5-6-13(3)21-18)23-30(27,28)14-8-9-16-17(11-14)29-20(26)24(16)4/h5-9,11-12,15,23H,10H2,1-4H3,(H,21,22,25). The smallest absolute Gasteiger partial charge is 0.408 e. The van der Waals surface area contributed by atoms with E-state index in [0.717, 1.165) is 5.69 Å². The molecule has 0 bridgehead atoms. The number of pyridine rings is 1. The minimum Gasteiger partial charge on any atom is -0.408 e. The third-order valence-electron chi connectivity index (χ3n) is 4.53. The molecule has 0 aliphatic heterocycles. The Bertz CT molecular complexity index is 1240. The van der Waals surface area contributed by atoms with Crippen molar-refractivity contribution < 1.29 is 17.6 Å². The van der Waals surface area contributed by atoms with Crippen LogP contribution in [0.25, 0.3) is 11.1 Å². The van der Waals surface area contributed by atoms with Crippen LogP contribution in [0.4, 0.5) is 5.82 Å². The Balaban J connectivity index is 1.87. The second-order valence-corrected chi connectivity index (χ2v) is 9.23. The molecular weight excluding hydrogens is 408 g/mol. The lowest BCUT2D eigenvalue weighted by molar-refractivity contribution is -0.118. The van der Waals surface area contributed by atoms with E-state index >= 15 is 0 Å². The van der Waals surface area contributed by atoms with Crippen LogP contribution in [0.2, 0.25) is 0 Å². The summed E-state index contributed by atoms with van der Waals surface area (Å²) in [5.74, 6) is -0.683. The van der Waals surface area contributed by atoms with Gasteiger partial charge in [0.15, 0.2) is 5.58 Å². The number of nitrogens with zero attached hydrogens (tertiary/aromatic N) is 2. The molecule has 30 heavy (non-hydrogen) atoms. The van der Waals surface area contributed by atoms with Crippen molar-refractivity contribution >= 4 is 32.8 Å². The number of anilines is 1. The SMILES string of the molecule is Cc1cccc(NC(=O)C(CC(C)C)NS(=O)(=O)c2ccc3c(c2)oc(=O)n3C)n1. The van der Waals surface area contributed by atoms with Crippen molar-refractivity contribution in [3.63, 3.8) is 0 Å². The molecular formula is C20H24N4O5S. The zero-order valence-corrected chi connectivity index (χ0v) is 18.0. The number of carbonyl (C=O) groups is 1. The van der Waals surface area contributed by atoms with Crippen molar-refractivity contribution in [2.24, 2.45) is 13.0 Å². The van der Waals surface area contributed by atoms with Gasteiger partial charge in [0, 0.05) is 18.8 Å². The lowest BCUT2D eigenvalue weighted by Gasteiger charge is -2.20. The van der Waals surface area contributed by atoms with Gasteiger partial charge in [0.25, 0.3) is 0 Å². The van der Waals surface area contributed by atoms with Crippen LogP contribution in [0.15, 0.2) is 50.5 Å². The quantitative estimate of drug-likeness (QED) is 0.590. The molecule has 3 rings (SSSR count). The number of hydrogen-bond donors (Lipinski definition) is 2. The van der Waals surface area contributed by atoms with Gasteiger partial charge in [-0.1, -0.05) is 19.9 Å². The summed E-state index contributed by atoms with van der Waals surface area (Å²) in [5, 5.41) is 2.66.